The number of aliphatic hydroxyl groups is 1. The summed E-state index contributed by atoms with van der Waals surface area (Å²) in [6.07, 6.45) is 10.6. The van der Waals surface area contributed by atoms with Crippen LogP contribution >= 0.6 is 0 Å². The Morgan fingerprint density at radius 2 is 1.53 bits per heavy atom. The summed E-state index contributed by atoms with van der Waals surface area (Å²) in [5.74, 6) is 0.841. The predicted molar refractivity (Wildman–Crippen MR) is 119 cm³/mol. The molecule has 0 radical (unpaired) electrons. The van der Waals surface area contributed by atoms with E-state index in [2.05, 4.69) is 13.8 Å². The van der Waals surface area contributed by atoms with Crippen LogP contribution in [-0.4, -0.2) is 30.6 Å². The highest BCUT2D eigenvalue weighted by molar-refractivity contribution is 5.60. The summed E-state index contributed by atoms with van der Waals surface area (Å²) in [5, 5.41) is 11.1. The SMILES string of the molecule is CCCCCCCOC(=O)OC1CCC(O)(c2ccc(OCCCCC)cc2)CC1. The Morgan fingerprint density at radius 1 is 0.933 bits per heavy atom. The molecule has 1 aliphatic carbocycles. The summed E-state index contributed by atoms with van der Waals surface area (Å²) in [6.45, 7) is 5.50. The summed E-state index contributed by atoms with van der Waals surface area (Å²) < 4.78 is 16.4. The van der Waals surface area contributed by atoms with Gasteiger partial charge >= 0.3 is 6.16 Å². The first kappa shape index (κ1) is 24.5. The van der Waals surface area contributed by atoms with Crippen molar-refractivity contribution in [3.05, 3.63) is 29.8 Å². The molecule has 2 rings (SSSR count). The van der Waals surface area contributed by atoms with Gasteiger partial charge in [-0.25, -0.2) is 4.79 Å². The van der Waals surface area contributed by atoms with Crippen molar-refractivity contribution in [3.63, 3.8) is 0 Å². The highest BCUT2D eigenvalue weighted by Crippen LogP contribution is 2.38. The fourth-order valence-electron chi connectivity index (χ4n) is 3.91. The molecule has 30 heavy (non-hydrogen) atoms. The third-order valence-electron chi connectivity index (χ3n) is 5.90. The Labute approximate surface area is 182 Å². The molecule has 1 fully saturated rings. The Morgan fingerprint density at radius 3 is 2.20 bits per heavy atom. The Hall–Kier alpha value is -1.75. The van der Waals surface area contributed by atoms with Gasteiger partial charge < -0.3 is 19.3 Å². The standard InChI is InChI=1S/C25H40O5/c1-3-5-7-8-10-20-29-24(26)30-23-15-17-25(27,18-16-23)21-11-13-22(14-12-21)28-19-9-6-4-2/h11-14,23,27H,3-10,15-20H2,1-2H3. The zero-order valence-corrected chi connectivity index (χ0v) is 18.9. The molecule has 0 aromatic heterocycles. The van der Waals surface area contributed by atoms with E-state index in [1.165, 1.54) is 32.1 Å². The maximum Gasteiger partial charge on any atom is 0.508 e. The zero-order valence-electron chi connectivity index (χ0n) is 18.9. The first-order valence-electron chi connectivity index (χ1n) is 11.9. The van der Waals surface area contributed by atoms with Crippen LogP contribution in [0.25, 0.3) is 0 Å². The molecule has 5 heteroatoms. The zero-order chi connectivity index (χ0) is 21.7. The average molecular weight is 421 g/mol. The highest BCUT2D eigenvalue weighted by Gasteiger charge is 2.36. The Balaban J connectivity index is 1.68. The minimum atomic E-state index is -0.871. The second-order valence-corrected chi connectivity index (χ2v) is 8.44. The van der Waals surface area contributed by atoms with E-state index >= 15 is 0 Å². The number of hydrogen-bond donors (Lipinski definition) is 1. The lowest BCUT2D eigenvalue weighted by Crippen LogP contribution is -2.35. The van der Waals surface area contributed by atoms with E-state index in [0.717, 1.165) is 37.2 Å². The van der Waals surface area contributed by atoms with Gasteiger partial charge in [0.25, 0.3) is 0 Å². The first-order valence-corrected chi connectivity index (χ1v) is 11.9. The molecule has 0 amide bonds. The Kier molecular flexibility index (Phi) is 11.1. The molecule has 5 nitrogen and oxygen atoms in total. The molecule has 0 atom stereocenters. The molecule has 0 aliphatic heterocycles. The lowest BCUT2D eigenvalue weighted by molar-refractivity contribution is -0.0538. The van der Waals surface area contributed by atoms with E-state index in [9.17, 15) is 9.90 Å². The lowest BCUT2D eigenvalue weighted by Gasteiger charge is -2.36. The monoisotopic (exact) mass is 420 g/mol. The van der Waals surface area contributed by atoms with Gasteiger partial charge in [-0.2, -0.15) is 0 Å². The van der Waals surface area contributed by atoms with E-state index in [1.807, 2.05) is 24.3 Å². The molecule has 1 aromatic carbocycles. The summed E-state index contributed by atoms with van der Waals surface area (Å²) in [7, 11) is 0. The molecule has 170 valence electrons. The minimum absolute atomic E-state index is 0.181. The van der Waals surface area contributed by atoms with E-state index in [0.29, 0.717) is 32.3 Å². The fraction of sp³-hybridized carbons (Fsp3) is 0.720. The molecule has 0 unspecified atom stereocenters. The van der Waals surface area contributed by atoms with Crippen LogP contribution in [0.3, 0.4) is 0 Å². The van der Waals surface area contributed by atoms with Gasteiger partial charge in [0.2, 0.25) is 0 Å². The van der Waals surface area contributed by atoms with Crippen LogP contribution in [0.5, 0.6) is 5.75 Å². The van der Waals surface area contributed by atoms with Crippen LogP contribution in [0.4, 0.5) is 4.79 Å². The van der Waals surface area contributed by atoms with Crippen molar-refractivity contribution in [1.82, 2.24) is 0 Å². The Bertz CT molecular complexity index is 590. The van der Waals surface area contributed by atoms with Crippen LogP contribution < -0.4 is 4.74 Å². The number of benzene rings is 1. The van der Waals surface area contributed by atoms with Crippen LogP contribution in [-0.2, 0) is 15.1 Å². The summed E-state index contributed by atoms with van der Waals surface area (Å²) in [4.78, 5) is 11.9. The first-order chi connectivity index (χ1) is 14.6. The van der Waals surface area contributed by atoms with Crippen molar-refractivity contribution in [3.8, 4) is 5.75 Å². The second-order valence-electron chi connectivity index (χ2n) is 8.44. The molecule has 1 aliphatic rings. The van der Waals surface area contributed by atoms with Crippen LogP contribution in [0.15, 0.2) is 24.3 Å². The van der Waals surface area contributed by atoms with Crippen LogP contribution in [0, 0.1) is 0 Å². The fourth-order valence-corrected chi connectivity index (χ4v) is 3.91. The number of hydrogen-bond acceptors (Lipinski definition) is 5. The summed E-state index contributed by atoms with van der Waals surface area (Å²) in [6, 6.07) is 7.76. The van der Waals surface area contributed by atoms with Crippen molar-refractivity contribution in [1.29, 1.82) is 0 Å². The molecule has 1 aromatic rings. The van der Waals surface area contributed by atoms with E-state index < -0.39 is 11.8 Å². The lowest BCUT2D eigenvalue weighted by atomic mass is 9.78. The van der Waals surface area contributed by atoms with Crippen molar-refractivity contribution in [2.75, 3.05) is 13.2 Å². The number of ether oxygens (including phenoxy) is 3. The quantitative estimate of drug-likeness (QED) is 0.291. The maximum atomic E-state index is 11.9. The van der Waals surface area contributed by atoms with Crippen molar-refractivity contribution < 1.29 is 24.1 Å². The molecule has 0 spiro atoms. The minimum Gasteiger partial charge on any atom is -0.494 e. The topological polar surface area (TPSA) is 65.0 Å². The molecule has 1 saturated carbocycles. The smallest absolute Gasteiger partial charge is 0.494 e. The van der Waals surface area contributed by atoms with Gasteiger partial charge in [0.05, 0.1) is 18.8 Å². The third-order valence-corrected chi connectivity index (χ3v) is 5.90. The maximum absolute atomic E-state index is 11.9. The molecule has 0 heterocycles. The van der Waals surface area contributed by atoms with Crippen molar-refractivity contribution in [2.45, 2.75) is 103 Å². The largest absolute Gasteiger partial charge is 0.508 e. The van der Waals surface area contributed by atoms with Crippen molar-refractivity contribution in [2.24, 2.45) is 0 Å². The average Bonchev–Trinajstić information content (AvgIpc) is 2.76. The molecule has 0 bridgehead atoms. The van der Waals surface area contributed by atoms with Gasteiger partial charge in [-0.3, -0.25) is 0 Å². The van der Waals surface area contributed by atoms with Gasteiger partial charge in [0.1, 0.15) is 11.9 Å². The van der Waals surface area contributed by atoms with Gasteiger partial charge in [-0.05, 0) is 56.2 Å². The van der Waals surface area contributed by atoms with E-state index in [4.69, 9.17) is 14.2 Å². The number of carbonyl (C=O) groups is 1. The van der Waals surface area contributed by atoms with Gasteiger partial charge in [0, 0.05) is 0 Å². The second kappa shape index (κ2) is 13.5. The highest BCUT2D eigenvalue weighted by atomic mass is 16.7. The van der Waals surface area contributed by atoms with Gasteiger partial charge in [0.15, 0.2) is 0 Å². The summed E-state index contributed by atoms with van der Waals surface area (Å²) >= 11 is 0. The van der Waals surface area contributed by atoms with Gasteiger partial charge in [-0.15, -0.1) is 0 Å². The number of carbonyl (C=O) groups excluding carboxylic acids is 1. The van der Waals surface area contributed by atoms with Crippen LogP contribution in [0.1, 0.15) is 96.5 Å². The number of unbranched alkanes of at least 4 members (excludes halogenated alkanes) is 6. The molecule has 0 saturated heterocycles. The third kappa shape index (κ3) is 8.55. The van der Waals surface area contributed by atoms with Crippen molar-refractivity contribution >= 4 is 6.16 Å². The van der Waals surface area contributed by atoms with Crippen LogP contribution in [0.2, 0.25) is 0 Å². The molecular formula is C25H40O5. The predicted octanol–water partition coefficient (Wildman–Crippen LogP) is 6.51. The van der Waals surface area contributed by atoms with E-state index in [1.54, 1.807) is 0 Å². The normalized spacial score (nSPS) is 21.2. The van der Waals surface area contributed by atoms with E-state index in [-0.39, 0.29) is 6.10 Å². The molecular weight excluding hydrogens is 380 g/mol. The molecule has 1 N–H and O–H groups in total. The van der Waals surface area contributed by atoms with Gasteiger partial charge in [-0.1, -0.05) is 64.5 Å². The summed E-state index contributed by atoms with van der Waals surface area (Å²) in [5.41, 5.74) is 0.0283. The number of rotatable bonds is 13.